The van der Waals surface area contributed by atoms with Crippen LogP contribution >= 0.6 is 0 Å². The summed E-state index contributed by atoms with van der Waals surface area (Å²) < 4.78 is 49.1. The second-order valence-electron chi connectivity index (χ2n) is 10.8. The summed E-state index contributed by atoms with van der Waals surface area (Å²) in [6, 6.07) is 13.8. The van der Waals surface area contributed by atoms with Crippen molar-refractivity contribution in [2.75, 3.05) is 56.6 Å². The molecule has 7 aliphatic rings. The first-order valence-electron chi connectivity index (χ1n) is 13.6. The maximum Gasteiger partial charge on any atom is 0.422 e. The molecular weight excluding hydrogens is 551 g/mol. The Hall–Kier alpha value is -4.39. The molecule has 42 heavy (non-hydrogen) atoms. The van der Waals surface area contributed by atoms with Crippen LogP contribution in [0.5, 0.6) is 11.8 Å². The summed E-state index contributed by atoms with van der Waals surface area (Å²) in [7, 11) is 0. The number of halogens is 3. The smallest absolute Gasteiger partial charge is 0.422 e. The van der Waals surface area contributed by atoms with Gasteiger partial charge >= 0.3 is 12.2 Å². The minimum absolute atomic E-state index is 0.0147. The molecule has 0 saturated carbocycles. The number of carbonyl (C=O) groups excluding carboxylic acids is 1. The van der Waals surface area contributed by atoms with Crippen LogP contribution in [-0.2, 0) is 6.54 Å². The van der Waals surface area contributed by atoms with Crippen molar-refractivity contribution in [3.63, 3.8) is 0 Å². The Morgan fingerprint density at radius 1 is 0.952 bits per heavy atom. The zero-order valence-electron chi connectivity index (χ0n) is 22.7. The van der Waals surface area contributed by atoms with E-state index in [1.807, 2.05) is 29.2 Å². The van der Waals surface area contributed by atoms with Crippen molar-refractivity contribution in [1.29, 1.82) is 0 Å². The first-order chi connectivity index (χ1) is 20.2. The van der Waals surface area contributed by atoms with Crippen LogP contribution in [0.25, 0.3) is 0 Å². The second-order valence-corrected chi connectivity index (χ2v) is 10.8. The molecule has 2 aromatic carbocycles. The molecule has 10 bridgehead atoms. The SMILES string of the molecule is C=C1COc2ccc(cc2)CNc2nc(nc(OCC(F)(F)F)n2)Nc2ccc(cc2)C(=O)N2CC3CN(C1)CC3C2. The van der Waals surface area contributed by atoms with Crippen LogP contribution in [0.1, 0.15) is 15.9 Å². The third kappa shape index (κ3) is 6.73. The molecular formula is C29H30F3N7O3. The Kier molecular flexibility index (Phi) is 7.58. The zero-order chi connectivity index (χ0) is 29.3. The lowest BCUT2D eigenvalue weighted by Crippen LogP contribution is -2.34. The van der Waals surface area contributed by atoms with E-state index in [4.69, 9.17) is 9.47 Å². The summed E-state index contributed by atoms with van der Waals surface area (Å²) in [5, 5.41) is 5.97. The number of benzene rings is 2. The number of carbonyl (C=O) groups is 1. The molecule has 0 radical (unpaired) electrons. The number of aromatic nitrogens is 3. The van der Waals surface area contributed by atoms with Gasteiger partial charge in [0.1, 0.15) is 12.4 Å². The number of amides is 1. The number of rotatable bonds is 2. The van der Waals surface area contributed by atoms with E-state index in [2.05, 4.69) is 37.1 Å². The highest BCUT2D eigenvalue weighted by Gasteiger charge is 2.41. The Bertz CT molecular complexity index is 1440. The highest BCUT2D eigenvalue weighted by Crippen LogP contribution is 2.32. The van der Waals surface area contributed by atoms with Crippen LogP contribution in [-0.4, -0.2) is 82.8 Å². The van der Waals surface area contributed by atoms with Crippen molar-refractivity contribution in [3.05, 3.63) is 71.8 Å². The number of alkyl halides is 3. The molecule has 8 heterocycles. The normalized spacial score (nSPS) is 22.5. The summed E-state index contributed by atoms with van der Waals surface area (Å²) in [6.07, 6.45) is -4.56. The molecule has 2 atom stereocenters. The lowest BCUT2D eigenvalue weighted by molar-refractivity contribution is -0.154. The van der Waals surface area contributed by atoms with E-state index < -0.39 is 18.8 Å². The van der Waals surface area contributed by atoms with Crippen LogP contribution in [0.2, 0.25) is 0 Å². The highest BCUT2D eigenvalue weighted by atomic mass is 19.4. The number of ether oxygens (including phenoxy) is 2. The number of hydrogen-bond acceptors (Lipinski definition) is 9. The second kappa shape index (κ2) is 11.5. The summed E-state index contributed by atoms with van der Waals surface area (Å²) >= 11 is 0. The largest absolute Gasteiger partial charge is 0.489 e. The van der Waals surface area contributed by atoms with Crippen molar-refractivity contribution in [3.8, 4) is 11.8 Å². The molecule has 13 heteroatoms. The Balaban J connectivity index is 1.25. The Labute approximate surface area is 240 Å². The molecule has 10 rings (SSSR count). The van der Waals surface area contributed by atoms with Gasteiger partial charge in [-0.1, -0.05) is 18.7 Å². The third-order valence-electron chi connectivity index (χ3n) is 7.48. The van der Waals surface area contributed by atoms with Gasteiger partial charge in [0.25, 0.3) is 5.91 Å². The number of nitrogens with one attached hydrogen (secondary N) is 2. The van der Waals surface area contributed by atoms with Crippen LogP contribution in [0, 0.1) is 11.8 Å². The van der Waals surface area contributed by atoms with Gasteiger partial charge in [-0.2, -0.15) is 28.1 Å². The van der Waals surface area contributed by atoms with Gasteiger partial charge in [0.15, 0.2) is 6.61 Å². The lowest BCUT2D eigenvalue weighted by Gasteiger charge is -2.22. The third-order valence-corrected chi connectivity index (χ3v) is 7.48. The molecule has 7 aliphatic heterocycles. The first-order valence-corrected chi connectivity index (χ1v) is 13.6. The minimum atomic E-state index is -4.56. The highest BCUT2D eigenvalue weighted by molar-refractivity contribution is 5.94. The molecule has 1 amide bonds. The van der Waals surface area contributed by atoms with Crippen LogP contribution in [0.4, 0.5) is 30.8 Å². The average Bonchev–Trinajstić information content (AvgIpc) is 3.52. The number of anilines is 3. The molecule has 2 unspecified atom stereocenters. The monoisotopic (exact) mass is 581 g/mol. The molecule has 0 aliphatic carbocycles. The van der Waals surface area contributed by atoms with Gasteiger partial charge in [0, 0.05) is 50.5 Å². The summed E-state index contributed by atoms with van der Waals surface area (Å²) in [5.74, 6) is 1.51. The van der Waals surface area contributed by atoms with E-state index in [0.29, 0.717) is 55.1 Å². The summed E-state index contributed by atoms with van der Waals surface area (Å²) in [4.78, 5) is 29.8. The van der Waals surface area contributed by atoms with Crippen LogP contribution in [0.15, 0.2) is 60.7 Å². The van der Waals surface area contributed by atoms with Crippen molar-refractivity contribution in [1.82, 2.24) is 24.8 Å². The molecule has 220 valence electrons. The summed E-state index contributed by atoms with van der Waals surface area (Å²) in [6.45, 7) is 7.33. The molecule has 2 N–H and O–H groups in total. The van der Waals surface area contributed by atoms with E-state index in [9.17, 15) is 18.0 Å². The zero-order valence-corrected chi connectivity index (χ0v) is 22.7. The number of hydrogen-bond donors (Lipinski definition) is 2. The van der Waals surface area contributed by atoms with Crippen molar-refractivity contribution < 1.29 is 27.4 Å². The Morgan fingerprint density at radius 2 is 1.64 bits per heavy atom. The Morgan fingerprint density at radius 3 is 2.33 bits per heavy atom. The molecule has 0 spiro atoms. The standard InChI is InChI=1S/C29H30F3N7O3/c1-18-11-38-12-21-14-39(15-22(21)13-38)25(40)20-4-6-23(7-5-20)34-27-35-26(36-28(37-27)42-17-29(30,31)32)33-10-19-2-8-24(9-3-19)41-16-18/h2-9,21-22H,1,10-17H2,(H2,33,34,35,36,37). The fraction of sp³-hybridized carbons (Fsp3) is 0.379. The van der Waals surface area contributed by atoms with E-state index in [-0.39, 0.29) is 17.8 Å². The lowest BCUT2D eigenvalue weighted by atomic mass is 10.0. The van der Waals surface area contributed by atoms with Gasteiger partial charge in [0.05, 0.1) is 0 Å². The van der Waals surface area contributed by atoms with Crippen molar-refractivity contribution in [2.24, 2.45) is 11.8 Å². The molecule has 2 saturated heterocycles. The predicted octanol–water partition coefficient (Wildman–Crippen LogP) is 4.12. The quantitative estimate of drug-likeness (QED) is 0.433. The van der Waals surface area contributed by atoms with Gasteiger partial charge in [0.2, 0.25) is 11.9 Å². The fourth-order valence-corrected chi connectivity index (χ4v) is 5.53. The van der Waals surface area contributed by atoms with E-state index in [1.165, 1.54) is 0 Å². The van der Waals surface area contributed by atoms with E-state index >= 15 is 0 Å². The first kappa shape index (κ1) is 27.8. The van der Waals surface area contributed by atoms with Crippen LogP contribution in [0.3, 0.4) is 0 Å². The fourth-order valence-electron chi connectivity index (χ4n) is 5.53. The van der Waals surface area contributed by atoms with Gasteiger partial charge in [-0.25, -0.2) is 0 Å². The summed E-state index contributed by atoms with van der Waals surface area (Å²) in [5.41, 5.74) is 2.95. The number of nitrogens with zero attached hydrogens (tertiary/aromatic N) is 5. The molecule has 10 nitrogen and oxygen atoms in total. The minimum Gasteiger partial charge on any atom is -0.489 e. The molecule has 2 fully saturated rings. The topological polar surface area (TPSA) is 105 Å². The molecule has 3 aromatic rings. The van der Waals surface area contributed by atoms with E-state index in [0.717, 1.165) is 30.8 Å². The maximum atomic E-state index is 13.2. The van der Waals surface area contributed by atoms with E-state index in [1.54, 1.807) is 24.3 Å². The van der Waals surface area contributed by atoms with Gasteiger partial charge in [-0.15, -0.1) is 0 Å². The van der Waals surface area contributed by atoms with Crippen molar-refractivity contribution >= 4 is 23.5 Å². The van der Waals surface area contributed by atoms with Crippen LogP contribution < -0.4 is 20.1 Å². The van der Waals surface area contributed by atoms with Gasteiger partial charge in [-0.3, -0.25) is 9.69 Å². The predicted molar refractivity (Wildman–Crippen MR) is 149 cm³/mol. The van der Waals surface area contributed by atoms with Gasteiger partial charge in [-0.05, 0) is 59.4 Å². The van der Waals surface area contributed by atoms with Gasteiger partial charge < -0.3 is 25.0 Å². The molecule has 1 aromatic heterocycles. The van der Waals surface area contributed by atoms with Crippen molar-refractivity contribution in [2.45, 2.75) is 12.7 Å². The average molecular weight is 582 g/mol. The maximum absolute atomic E-state index is 13.2.